The summed E-state index contributed by atoms with van der Waals surface area (Å²) in [4.78, 5) is 23.7. The van der Waals surface area contributed by atoms with E-state index in [9.17, 15) is 4.79 Å². The molecule has 0 saturated heterocycles. The van der Waals surface area contributed by atoms with Crippen molar-refractivity contribution in [2.75, 3.05) is 5.32 Å². The minimum absolute atomic E-state index is 0.175. The number of thiazole rings is 1. The van der Waals surface area contributed by atoms with Crippen LogP contribution in [0.25, 0.3) is 38.7 Å². The van der Waals surface area contributed by atoms with Crippen LogP contribution in [0, 0.1) is 6.92 Å². The third-order valence-electron chi connectivity index (χ3n) is 6.03. The number of imidazole rings is 1. The SMILES string of the molecule is Cc1sc(-c2ccccc2)nc1-c1ccc(NC(=O)c2ccn3cc(-c4ccccc4)nc3c2)cc1. The smallest absolute Gasteiger partial charge is 0.255 e. The maximum atomic E-state index is 12.9. The van der Waals surface area contributed by atoms with Crippen LogP contribution in [-0.4, -0.2) is 20.3 Å². The zero-order valence-electron chi connectivity index (χ0n) is 19.6. The number of benzene rings is 3. The van der Waals surface area contributed by atoms with Crippen molar-refractivity contribution in [3.63, 3.8) is 0 Å². The first kappa shape index (κ1) is 21.9. The second-order valence-corrected chi connectivity index (χ2v) is 9.70. The van der Waals surface area contributed by atoms with Gasteiger partial charge in [-0.1, -0.05) is 72.8 Å². The number of nitrogens with zero attached hydrogens (tertiary/aromatic N) is 3. The van der Waals surface area contributed by atoms with Crippen molar-refractivity contribution in [2.45, 2.75) is 6.92 Å². The standard InChI is InChI=1S/C30H22N4OS/c1-20-28(33-30(36-20)23-10-6-3-7-11-23)22-12-14-25(15-13-22)31-29(35)24-16-17-34-19-26(32-27(34)18-24)21-8-4-2-5-9-21/h2-19H,1H3,(H,31,35). The number of anilines is 1. The Bertz CT molecular complexity index is 1670. The monoisotopic (exact) mass is 486 g/mol. The number of hydrogen-bond donors (Lipinski definition) is 1. The number of aromatic nitrogens is 3. The second-order valence-electron chi connectivity index (χ2n) is 8.49. The number of hydrogen-bond acceptors (Lipinski definition) is 4. The Morgan fingerprint density at radius 1 is 0.806 bits per heavy atom. The molecule has 5 nitrogen and oxygen atoms in total. The van der Waals surface area contributed by atoms with Crippen LogP contribution in [0.2, 0.25) is 0 Å². The molecule has 0 fully saturated rings. The Labute approximate surface area is 212 Å². The van der Waals surface area contributed by atoms with Crippen molar-refractivity contribution >= 4 is 28.6 Å². The first-order valence-corrected chi connectivity index (χ1v) is 12.4. The molecule has 36 heavy (non-hydrogen) atoms. The van der Waals surface area contributed by atoms with Crippen LogP contribution in [0.15, 0.2) is 109 Å². The van der Waals surface area contributed by atoms with Crippen molar-refractivity contribution in [3.8, 4) is 33.1 Å². The van der Waals surface area contributed by atoms with Crippen molar-refractivity contribution < 1.29 is 4.79 Å². The van der Waals surface area contributed by atoms with Crippen molar-refractivity contribution in [1.82, 2.24) is 14.4 Å². The van der Waals surface area contributed by atoms with E-state index in [0.717, 1.165) is 49.3 Å². The van der Waals surface area contributed by atoms with Crippen LogP contribution in [0.1, 0.15) is 15.2 Å². The van der Waals surface area contributed by atoms with E-state index < -0.39 is 0 Å². The fourth-order valence-electron chi connectivity index (χ4n) is 4.15. The number of rotatable bonds is 5. The van der Waals surface area contributed by atoms with Gasteiger partial charge in [0.1, 0.15) is 10.7 Å². The summed E-state index contributed by atoms with van der Waals surface area (Å²) in [6.45, 7) is 2.09. The molecular weight excluding hydrogens is 464 g/mol. The quantitative estimate of drug-likeness (QED) is 0.277. The summed E-state index contributed by atoms with van der Waals surface area (Å²) in [5, 5.41) is 4.00. The normalized spacial score (nSPS) is 11.0. The summed E-state index contributed by atoms with van der Waals surface area (Å²) in [5.41, 5.74) is 7.03. The highest BCUT2D eigenvalue weighted by molar-refractivity contribution is 7.15. The van der Waals surface area contributed by atoms with Crippen LogP contribution in [0.4, 0.5) is 5.69 Å². The van der Waals surface area contributed by atoms with E-state index in [4.69, 9.17) is 4.98 Å². The van der Waals surface area contributed by atoms with Crippen LogP contribution in [-0.2, 0) is 0 Å². The van der Waals surface area contributed by atoms with Gasteiger partial charge in [0.25, 0.3) is 5.91 Å². The molecule has 6 aromatic rings. The summed E-state index contributed by atoms with van der Waals surface area (Å²) in [7, 11) is 0. The molecule has 3 aromatic carbocycles. The van der Waals surface area contributed by atoms with Crippen molar-refractivity contribution in [1.29, 1.82) is 0 Å². The number of fused-ring (bicyclic) bond motifs is 1. The number of pyridine rings is 1. The third kappa shape index (κ3) is 4.30. The summed E-state index contributed by atoms with van der Waals surface area (Å²) in [5.74, 6) is -0.175. The van der Waals surface area contributed by atoms with Crippen LogP contribution < -0.4 is 5.32 Å². The summed E-state index contributed by atoms with van der Waals surface area (Å²) < 4.78 is 1.92. The van der Waals surface area contributed by atoms with Gasteiger partial charge < -0.3 is 9.72 Å². The van der Waals surface area contributed by atoms with Gasteiger partial charge >= 0.3 is 0 Å². The van der Waals surface area contributed by atoms with E-state index >= 15 is 0 Å². The largest absolute Gasteiger partial charge is 0.322 e. The number of carbonyl (C=O) groups is 1. The third-order valence-corrected chi connectivity index (χ3v) is 7.05. The molecule has 1 amide bonds. The highest BCUT2D eigenvalue weighted by Crippen LogP contribution is 2.33. The van der Waals surface area contributed by atoms with E-state index in [-0.39, 0.29) is 5.91 Å². The van der Waals surface area contributed by atoms with E-state index in [1.54, 1.807) is 23.5 Å². The number of aryl methyl sites for hydroxylation is 1. The molecule has 0 atom stereocenters. The first-order valence-electron chi connectivity index (χ1n) is 11.6. The van der Waals surface area contributed by atoms with Gasteiger partial charge in [-0.2, -0.15) is 0 Å². The van der Waals surface area contributed by atoms with Gasteiger partial charge in [-0.25, -0.2) is 9.97 Å². The topological polar surface area (TPSA) is 59.3 Å². The molecule has 0 aliphatic rings. The average Bonchev–Trinajstić information content (AvgIpc) is 3.53. The van der Waals surface area contributed by atoms with Crippen molar-refractivity contribution in [2.24, 2.45) is 0 Å². The number of amides is 1. The Kier molecular flexibility index (Phi) is 5.64. The molecule has 0 spiro atoms. The van der Waals surface area contributed by atoms with E-state index in [0.29, 0.717) is 5.56 Å². The van der Waals surface area contributed by atoms with E-state index in [1.165, 1.54) is 0 Å². The van der Waals surface area contributed by atoms with E-state index in [1.807, 2.05) is 89.6 Å². The zero-order valence-corrected chi connectivity index (χ0v) is 20.4. The minimum Gasteiger partial charge on any atom is -0.322 e. The Morgan fingerprint density at radius 2 is 1.50 bits per heavy atom. The fourth-order valence-corrected chi connectivity index (χ4v) is 5.10. The number of nitrogens with one attached hydrogen (secondary N) is 1. The molecule has 0 aliphatic heterocycles. The number of carbonyl (C=O) groups excluding carboxylic acids is 1. The van der Waals surface area contributed by atoms with Gasteiger partial charge in [-0.15, -0.1) is 11.3 Å². The van der Waals surface area contributed by atoms with Crippen LogP contribution >= 0.6 is 11.3 Å². The van der Waals surface area contributed by atoms with Crippen molar-refractivity contribution in [3.05, 3.63) is 120 Å². The summed E-state index contributed by atoms with van der Waals surface area (Å²) >= 11 is 1.69. The Balaban J connectivity index is 1.20. The summed E-state index contributed by atoms with van der Waals surface area (Å²) in [6.07, 6.45) is 3.83. The molecule has 0 bridgehead atoms. The van der Waals surface area contributed by atoms with Gasteiger partial charge in [0.2, 0.25) is 0 Å². The molecule has 0 radical (unpaired) electrons. The molecule has 0 saturated carbocycles. The molecule has 6 heteroatoms. The molecular formula is C30H22N4OS. The van der Waals surface area contributed by atoms with Gasteiger partial charge in [-0.3, -0.25) is 4.79 Å². The van der Waals surface area contributed by atoms with Gasteiger partial charge in [-0.05, 0) is 31.2 Å². The zero-order chi connectivity index (χ0) is 24.5. The lowest BCUT2D eigenvalue weighted by molar-refractivity contribution is 0.102. The molecule has 174 valence electrons. The lowest BCUT2D eigenvalue weighted by Crippen LogP contribution is -2.12. The highest BCUT2D eigenvalue weighted by Gasteiger charge is 2.13. The molecule has 1 N–H and O–H groups in total. The predicted molar refractivity (Wildman–Crippen MR) is 146 cm³/mol. The predicted octanol–water partition coefficient (Wildman–Crippen LogP) is 7.35. The first-order chi connectivity index (χ1) is 17.6. The highest BCUT2D eigenvalue weighted by atomic mass is 32.1. The molecule has 6 rings (SSSR count). The van der Waals surface area contributed by atoms with Gasteiger partial charge in [0, 0.05) is 45.2 Å². The van der Waals surface area contributed by atoms with Crippen LogP contribution in [0.5, 0.6) is 0 Å². The Morgan fingerprint density at radius 3 is 2.22 bits per heavy atom. The van der Waals surface area contributed by atoms with Crippen LogP contribution in [0.3, 0.4) is 0 Å². The van der Waals surface area contributed by atoms with Gasteiger partial charge in [0.15, 0.2) is 0 Å². The lowest BCUT2D eigenvalue weighted by atomic mass is 10.1. The maximum absolute atomic E-state index is 12.9. The lowest BCUT2D eigenvalue weighted by Gasteiger charge is -2.07. The molecule has 0 aliphatic carbocycles. The summed E-state index contributed by atoms with van der Waals surface area (Å²) in [6, 6.07) is 31.6. The Hall–Kier alpha value is -4.55. The molecule has 3 heterocycles. The maximum Gasteiger partial charge on any atom is 0.255 e. The average molecular weight is 487 g/mol. The minimum atomic E-state index is -0.175. The molecule has 0 unspecified atom stereocenters. The fraction of sp³-hybridized carbons (Fsp3) is 0.0333. The van der Waals surface area contributed by atoms with Gasteiger partial charge in [0.05, 0.1) is 11.4 Å². The molecule has 3 aromatic heterocycles. The second kappa shape index (κ2) is 9.24. The van der Waals surface area contributed by atoms with E-state index in [2.05, 4.69) is 29.4 Å².